The molecule has 3 heterocycles. The van der Waals surface area contributed by atoms with Crippen molar-refractivity contribution in [3.8, 4) is 0 Å². The first kappa shape index (κ1) is 19.1. The van der Waals surface area contributed by atoms with Gasteiger partial charge in [-0.25, -0.2) is 9.78 Å². The van der Waals surface area contributed by atoms with Gasteiger partial charge in [-0.05, 0) is 19.8 Å². The molecule has 2 saturated heterocycles. The van der Waals surface area contributed by atoms with Crippen LogP contribution in [0.4, 0.5) is 4.79 Å². The molecule has 0 aromatic carbocycles. The van der Waals surface area contributed by atoms with E-state index >= 15 is 0 Å². The smallest absolute Gasteiger partial charge is 0.325 e. The highest BCUT2D eigenvalue weighted by Gasteiger charge is 2.53. The van der Waals surface area contributed by atoms with Gasteiger partial charge >= 0.3 is 6.03 Å². The lowest BCUT2D eigenvalue weighted by molar-refractivity contribution is -0.128. The highest BCUT2D eigenvalue weighted by atomic mass is 16.2. The maximum atomic E-state index is 12.8. The van der Waals surface area contributed by atoms with E-state index in [9.17, 15) is 19.2 Å². The number of rotatable bonds is 2. The second kappa shape index (κ2) is 6.47. The lowest BCUT2D eigenvalue weighted by Crippen LogP contribution is -2.57. The third-order valence-corrected chi connectivity index (χ3v) is 5.34. The summed E-state index contributed by atoms with van der Waals surface area (Å²) in [6.45, 7) is 8.58. The summed E-state index contributed by atoms with van der Waals surface area (Å²) in [4.78, 5) is 59.4. The number of piperidine rings is 1. The summed E-state index contributed by atoms with van der Waals surface area (Å²) in [5, 5.41) is 2.36. The summed E-state index contributed by atoms with van der Waals surface area (Å²) in [7, 11) is 0. The van der Waals surface area contributed by atoms with E-state index in [1.807, 2.05) is 27.7 Å². The van der Waals surface area contributed by atoms with Crippen LogP contribution < -0.4 is 10.9 Å². The van der Waals surface area contributed by atoms with Crippen molar-refractivity contribution in [3.63, 3.8) is 0 Å². The first-order valence-corrected chi connectivity index (χ1v) is 9.12. The number of aromatic amines is 1. The van der Waals surface area contributed by atoms with Crippen LogP contribution in [0.1, 0.15) is 56.7 Å². The van der Waals surface area contributed by atoms with Crippen LogP contribution in [0.2, 0.25) is 0 Å². The van der Waals surface area contributed by atoms with Crippen LogP contribution in [0.3, 0.4) is 0 Å². The molecule has 1 aromatic heterocycles. The van der Waals surface area contributed by atoms with Crippen molar-refractivity contribution in [1.29, 1.82) is 0 Å². The van der Waals surface area contributed by atoms with Crippen LogP contribution >= 0.6 is 0 Å². The Balaban J connectivity index is 1.77. The number of aromatic nitrogens is 2. The van der Waals surface area contributed by atoms with Gasteiger partial charge in [-0.15, -0.1) is 0 Å². The van der Waals surface area contributed by atoms with Gasteiger partial charge in [0.25, 0.3) is 17.4 Å². The van der Waals surface area contributed by atoms with Crippen molar-refractivity contribution in [2.24, 2.45) is 0 Å². The number of likely N-dealkylation sites (tertiary alicyclic amines) is 1. The fourth-order valence-corrected chi connectivity index (χ4v) is 3.72. The molecule has 4 amide bonds. The van der Waals surface area contributed by atoms with Crippen LogP contribution in [0, 0.1) is 0 Å². The molecule has 9 nitrogen and oxygen atoms in total. The molecule has 2 aliphatic heterocycles. The van der Waals surface area contributed by atoms with Crippen molar-refractivity contribution >= 4 is 17.8 Å². The molecule has 2 N–H and O–H groups in total. The number of carbonyl (C=O) groups is 3. The summed E-state index contributed by atoms with van der Waals surface area (Å²) < 4.78 is 0. The number of amides is 4. The van der Waals surface area contributed by atoms with Crippen LogP contribution in [-0.4, -0.2) is 62.8 Å². The van der Waals surface area contributed by atoms with E-state index < -0.39 is 17.0 Å². The molecule has 2 fully saturated rings. The van der Waals surface area contributed by atoms with Gasteiger partial charge in [-0.2, -0.15) is 0 Å². The van der Waals surface area contributed by atoms with E-state index in [1.165, 1.54) is 16.0 Å². The first-order valence-electron chi connectivity index (χ1n) is 9.12. The molecule has 0 saturated carbocycles. The maximum absolute atomic E-state index is 12.8. The summed E-state index contributed by atoms with van der Waals surface area (Å²) in [5.74, 6) is -0.205. The third kappa shape index (κ3) is 3.11. The van der Waals surface area contributed by atoms with Gasteiger partial charge in [-0.1, -0.05) is 20.8 Å². The van der Waals surface area contributed by atoms with Gasteiger partial charge in [0, 0.05) is 31.2 Å². The van der Waals surface area contributed by atoms with Gasteiger partial charge in [0.2, 0.25) is 0 Å². The number of H-pyrrole nitrogens is 1. The Morgan fingerprint density at radius 1 is 1.22 bits per heavy atom. The summed E-state index contributed by atoms with van der Waals surface area (Å²) >= 11 is 0. The molecule has 1 aromatic rings. The lowest BCUT2D eigenvalue weighted by Gasteiger charge is -2.41. The molecule has 1 spiro atoms. The van der Waals surface area contributed by atoms with Crippen LogP contribution in [-0.2, 0) is 10.2 Å². The normalized spacial score (nSPS) is 19.6. The zero-order chi connectivity index (χ0) is 20.0. The van der Waals surface area contributed by atoms with E-state index in [2.05, 4.69) is 15.3 Å². The van der Waals surface area contributed by atoms with E-state index in [0.717, 1.165) is 0 Å². The fourth-order valence-electron chi connectivity index (χ4n) is 3.72. The zero-order valence-corrected chi connectivity index (χ0v) is 16.1. The molecular weight excluding hydrogens is 350 g/mol. The molecule has 0 unspecified atom stereocenters. The lowest BCUT2D eigenvalue weighted by atomic mass is 9.86. The number of hydrogen-bond acceptors (Lipinski definition) is 5. The fraction of sp³-hybridized carbons (Fsp3) is 0.611. The number of hydrogen-bond donors (Lipinski definition) is 2. The first-order chi connectivity index (χ1) is 12.6. The van der Waals surface area contributed by atoms with E-state index in [0.29, 0.717) is 25.2 Å². The average molecular weight is 375 g/mol. The zero-order valence-electron chi connectivity index (χ0n) is 16.1. The van der Waals surface area contributed by atoms with Gasteiger partial charge in [0.15, 0.2) is 0 Å². The monoisotopic (exact) mass is 375 g/mol. The number of imide groups is 1. The van der Waals surface area contributed by atoms with Gasteiger partial charge in [0.05, 0.1) is 0 Å². The molecule has 146 valence electrons. The highest BCUT2D eigenvalue weighted by molar-refractivity contribution is 6.07. The molecule has 0 radical (unpaired) electrons. The molecule has 0 bridgehead atoms. The topological polar surface area (TPSA) is 115 Å². The Morgan fingerprint density at radius 3 is 2.37 bits per heavy atom. The maximum Gasteiger partial charge on any atom is 0.325 e. The Bertz CT molecular complexity index is 846. The second-order valence-electron chi connectivity index (χ2n) is 8.05. The summed E-state index contributed by atoms with van der Waals surface area (Å²) in [6, 6.07) is -0.388. The quantitative estimate of drug-likeness (QED) is 0.735. The largest absolute Gasteiger partial charge is 0.338 e. The number of urea groups is 1. The average Bonchev–Trinajstić information content (AvgIpc) is 2.83. The minimum absolute atomic E-state index is 0.0155. The number of likely N-dealkylation sites (N-methyl/N-ethyl adjacent to an activating group) is 1. The van der Waals surface area contributed by atoms with Crippen molar-refractivity contribution in [3.05, 3.63) is 27.9 Å². The summed E-state index contributed by atoms with van der Waals surface area (Å²) in [6.07, 6.45) is 2.00. The molecular formula is C18H25N5O4. The van der Waals surface area contributed by atoms with E-state index in [-0.39, 0.29) is 36.0 Å². The Labute approximate surface area is 157 Å². The Kier molecular flexibility index (Phi) is 4.57. The van der Waals surface area contributed by atoms with Gasteiger partial charge in [-0.3, -0.25) is 19.7 Å². The van der Waals surface area contributed by atoms with Crippen LogP contribution in [0.5, 0.6) is 0 Å². The molecule has 2 aliphatic rings. The van der Waals surface area contributed by atoms with Crippen molar-refractivity contribution in [2.75, 3.05) is 19.6 Å². The molecule has 0 aliphatic carbocycles. The highest BCUT2D eigenvalue weighted by Crippen LogP contribution is 2.33. The molecule has 3 rings (SSSR count). The predicted octanol–water partition coefficient (Wildman–Crippen LogP) is 0.614. The number of nitrogens with one attached hydrogen (secondary N) is 2. The Morgan fingerprint density at radius 2 is 1.85 bits per heavy atom. The van der Waals surface area contributed by atoms with Gasteiger partial charge < -0.3 is 14.8 Å². The molecule has 27 heavy (non-hydrogen) atoms. The van der Waals surface area contributed by atoms with Crippen LogP contribution in [0.15, 0.2) is 11.0 Å². The summed E-state index contributed by atoms with van der Waals surface area (Å²) in [5.41, 5.74) is -1.71. The minimum atomic E-state index is -0.899. The van der Waals surface area contributed by atoms with Crippen molar-refractivity contribution < 1.29 is 14.4 Å². The standard InChI is InChI=1S/C18H25N5O4/c1-5-23-16(27)21-15(26)18(23)6-8-22(9-7-18)13(25)11-10-19-14(17(2,3)4)20-12(11)24/h10H,5-9H2,1-4H3,(H,19,20,24)(H,21,26,27). The van der Waals surface area contributed by atoms with E-state index in [4.69, 9.17) is 0 Å². The molecule has 0 atom stereocenters. The SMILES string of the molecule is CCN1C(=O)NC(=O)C12CCN(C(=O)c1cnc(C(C)(C)C)[nH]c1=O)CC2. The van der Waals surface area contributed by atoms with Crippen molar-refractivity contribution in [1.82, 2.24) is 25.1 Å². The minimum Gasteiger partial charge on any atom is -0.338 e. The second-order valence-corrected chi connectivity index (χ2v) is 8.05. The van der Waals surface area contributed by atoms with Gasteiger partial charge in [0.1, 0.15) is 16.9 Å². The number of carbonyl (C=O) groups excluding carboxylic acids is 3. The van der Waals surface area contributed by atoms with E-state index in [1.54, 1.807) is 0 Å². The number of nitrogens with zero attached hydrogens (tertiary/aromatic N) is 3. The molecule has 9 heteroatoms. The van der Waals surface area contributed by atoms with Crippen LogP contribution in [0.25, 0.3) is 0 Å². The Hall–Kier alpha value is -2.71. The predicted molar refractivity (Wildman–Crippen MR) is 97.3 cm³/mol. The van der Waals surface area contributed by atoms with Crippen molar-refractivity contribution in [2.45, 2.75) is 51.5 Å². The third-order valence-electron chi connectivity index (χ3n) is 5.34.